The Morgan fingerprint density at radius 1 is 1.29 bits per heavy atom. The maximum absolute atomic E-state index is 14.6. The van der Waals surface area contributed by atoms with Crippen molar-refractivity contribution in [3.05, 3.63) is 40.5 Å². The molecule has 0 spiro atoms. The molecule has 0 saturated heterocycles. The number of hydrogen-bond acceptors (Lipinski definition) is 7. The lowest BCUT2D eigenvalue weighted by atomic mass is 9.98. The van der Waals surface area contributed by atoms with Crippen LogP contribution in [0.5, 0.6) is 0 Å². The van der Waals surface area contributed by atoms with Crippen LogP contribution in [-0.4, -0.2) is 47.6 Å². The van der Waals surface area contributed by atoms with Crippen LogP contribution in [-0.2, 0) is 14.6 Å². The minimum atomic E-state index is -5.08. The van der Waals surface area contributed by atoms with Gasteiger partial charge in [-0.15, -0.1) is 0 Å². The zero-order chi connectivity index (χ0) is 26.6. The van der Waals surface area contributed by atoms with Crippen molar-refractivity contribution in [3.63, 3.8) is 0 Å². The molecule has 1 saturated carbocycles. The molecule has 194 valence electrons. The summed E-state index contributed by atoms with van der Waals surface area (Å²) in [5.41, 5.74) is 7.29. The molecule has 1 heterocycles. The minimum absolute atomic E-state index is 0.0223. The maximum atomic E-state index is 14.6. The van der Waals surface area contributed by atoms with Crippen LogP contribution in [0.2, 0.25) is 5.02 Å². The number of nitrogens with zero attached hydrogens (tertiary/aromatic N) is 2. The first-order chi connectivity index (χ1) is 16.2. The number of alkyl halides is 3. The molecule has 0 bridgehead atoms. The highest BCUT2D eigenvalue weighted by Crippen LogP contribution is 2.34. The molecular weight excluding hydrogens is 518 g/mol. The van der Waals surface area contributed by atoms with Gasteiger partial charge in [-0.05, 0) is 49.5 Å². The summed E-state index contributed by atoms with van der Waals surface area (Å²) in [5.74, 6) is -3.17. The molecular formula is C21H24ClF4N3O5S. The van der Waals surface area contributed by atoms with Gasteiger partial charge in [-0.2, -0.15) is 18.2 Å². The van der Waals surface area contributed by atoms with E-state index in [1.807, 2.05) is 0 Å². The Bertz CT molecular complexity index is 1190. The van der Waals surface area contributed by atoms with Gasteiger partial charge in [-0.25, -0.2) is 17.6 Å². The molecule has 0 radical (unpaired) electrons. The molecule has 1 aliphatic carbocycles. The summed E-state index contributed by atoms with van der Waals surface area (Å²) in [7, 11) is -3.37. The summed E-state index contributed by atoms with van der Waals surface area (Å²) in [4.78, 5) is 13.3. The highest BCUT2D eigenvalue weighted by molar-refractivity contribution is 7.91. The summed E-state index contributed by atoms with van der Waals surface area (Å²) in [6.07, 6.45) is -1.64. The van der Waals surface area contributed by atoms with Crippen molar-refractivity contribution in [1.82, 2.24) is 10.1 Å². The molecule has 3 rings (SSSR count). The van der Waals surface area contributed by atoms with E-state index < -0.39 is 33.9 Å². The van der Waals surface area contributed by atoms with Crippen LogP contribution < -0.4 is 5.73 Å². The molecule has 1 aromatic carbocycles. The van der Waals surface area contributed by atoms with Gasteiger partial charge in [0.25, 0.3) is 0 Å². The van der Waals surface area contributed by atoms with Crippen molar-refractivity contribution in [2.75, 3.05) is 5.75 Å². The van der Waals surface area contributed by atoms with E-state index in [1.54, 1.807) is 13.8 Å². The first-order valence-corrected chi connectivity index (χ1v) is 12.5. The number of benzene rings is 1. The van der Waals surface area contributed by atoms with Gasteiger partial charge < -0.3 is 15.4 Å². The number of allylic oxidation sites excluding steroid dienone is 1. The fourth-order valence-corrected chi connectivity index (χ4v) is 4.45. The van der Waals surface area contributed by atoms with Gasteiger partial charge in [0, 0.05) is 5.56 Å². The molecule has 3 N–H and O–H groups in total. The molecule has 0 amide bonds. The van der Waals surface area contributed by atoms with E-state index in [4.69, 9.17) is 31.8 Å². The third-order valence-electron chi connectivity index (χ3n) is 5.37. The fraction of sp³-hybridized carbons (Fsp3) is 0.476. The predicted octanol–water partition coefficient (Wildman–Crippen LogP) is 5.05. The lowest BCUT2D eigenvalue weighted by Crippen LogP contribution is -2.28. The van der Waals surface area contributed by atoms with E-state index in [-0.39, 0.29) is 33.2 Å². The average molecular weight is 542 g/mol. The third kappa shape index (κ3) is 7.24. The lowest BCUT2D eigenvalue weighted by molar-refractivity contribution is -0.192. The number of nitrogens with two attached hydrogens (primary N) is 1. The Balaban J connectivity index is 0.000000540. The summed E-state index contributed by atoms with van der Waals surface area (Å²) in [5, 5.41) is 11.2. The van der Waals surface area contributed by atoms with Crippen LogP contribution in [0.15, 0.2) is 39.0 Å². The third-order valence-corrected chi connectivity index (χ3v) is 7.42. The fourth-order valence-electron chi connectivity index (χ4n) is 3.22. The number of aliphatic carboxylic acids is 1. The van der Waals surface area contributed by atoms with Crippen LogP contribution >= 0.6 is 11.6 Å². The first kappa shape index (κ1) is 28.7. The SMILES string of the molecule is CCS(=O)(=O)c1ccc(-c2noc(C(C)[C@H](N)C(F)=C3CCCC3)n2)c(Cl)c1.O=C(O)C(F)(F)F. The summed E-state index contributed by atoms with van der Waals surface area (Å²) < 4.78 is 75.6. The number of carboxylic acids is 1. The highest BCUT2D eigenvalue weighted by Gasteiger charge is 2.38. The minimum Gasteiger partial charge on any atom is -0.475 e. The Kier molecular flexibility index (Phi) is 9.42. The maximum Gasteiger partial charge on any atom is 0.490 e. The van der Waals surface area contributed by atoms with Gasteiger partial charge in [-0.1, -0.05) is 30.6 Å². The molecule has 1 unspecified atom stereocenters. The number of carboxylic acid groups (broad SMARTS) is 1. The molecule has 2 atom stereocenters. The number of sulfone groups is 1. The normalized spacial score (nSPS) is 15.8. The van der Waals surface area contributed by atoms with E-state index in [1.165, 1.54) is 18.2 Å². The topological polar surface area (TPSA) is 136 Å². The van der Waals surface area contributed by atoms with Crippen molar-refractivity contribution >= 4 is 27.4 Å². The molecule has 35 heavy (non-hydrogen) atoms. The lowest BCUT2D eigenvalue weighted by Gasteiger charge is -2.16. The van der Waals surface area contributed by atoms with Crippen molar-refractivity contribution in [1.29, 1.82) is 0 Å². The van der Waals surface area contributed by atoms with E-state index in [0.717, 1.165) is 31.3 Å². The van der Waals surface area contributed by atoms with Gasteiger partial charge >= 0.3 is 12.1 Å². The van der Waals surface area contributed by atoms with Crippen molar-refractivity contribution in [2.45, 2.75) is 62.6 Å². The second-order valence-electron chi connectivity index (χ2n) is 7.78. The summed E-state index contributed by atoms with van der Waals surface area (Å²) in [6.45, 7) is 3.29. The van der Waals surface area contributed by atoms with E-state index in [9.17, 15) is 26.0 Å². The van der Waals surface area contributed by atoms with E-state index >= 15 is 0 Å². The Morgan fingerprint density at radius 2 is 1.86 bits per heavy atom. The van der Waals surface area contributed by atoms with Gasteiger partial charge in [-0.3, -0.25) is 0 Å². The Labute approximate surface area is 204 Å². The zero-order valence-electron chi connectivity index (χ0n) is 18.8. The number of rotatable bonds is 6. The molecule has 1 aliphatic rings. The monoisotopic (exact) mass is 541 g/mol. The molecule has 1 aromatic heterocycles. The van der Waals surface area contributed by atoms with Crippen molar-refractivity contribution < 1.29 is 40.4 Å². The molecule has 8 nitrogen and oxygen atoms in total. The number of aromatic nitrogens is 2. The average Bonchev–Trinajstić information content (AvgIpc) is 3.50. The molecule has 2 aromatic rings. The van der Waals surface area contributed by atoms with Crippen LogP contribution in [0.3, 0.4) is 0 Å². The standard InChI is InChI=1S/C19H23ClFN3O3S.C2HF3O2/c1-3-28(25,26)13-8-9-14(15(20)10-13)18-23-19(27-24-18)11(2)17(22)16(21)12-6-4-5-7-12;3-2(4,5)1(6)7/h8-11,17H,3-7,22H2,1-2H3;(H,6,7)/t11?,17-;/m0./s1. The number of hydrogen-bond donors (Lipinski definition) is 2. The second-order valence-corrected chi connectivity index (χ2v) is 10.5. The van der Waals surface area contributed by atoms with Crippen molar-refractivity contribution in [2.24, 2.45) is 5.73 Å². The largest absolute Gasteiger partial charge is 0.490 e. The highest BCUT2D eigenvalue weighted by atomic mass is 35.5. The van der Waals surface area contributed by atoms with Gasteiger partial charge in [0.1, 0.15) is 5.83 Å². The predicted molar refractivity (Wildman–Crippen MR) is 119 cm³/mol. The van der Waals surface area contributed by atoms with Gasteiger partial charge in [0.2, 0.25) is 11.7 Å². The second kappa shape index (κ2) is 11.5. The molecule has 0 aliphatic heterocycles. The molecule has 1 fully saturated rings. The molecule has 14 heteroatoms. The van der Waals surface area contributed by atoms with Crippen LogP contribution in [0, 0.1) is 0 Å². The number of carbonyl (C=O) groups is 1. The summed E-state index contributed by atoms with van der Waals surface area (Å²) in [6, 6.07) is 3.50. The van der Waals surface area contributed by atoms with Crippen molar-refractivity contribution in [3.8, 4) is 11.4 Å². The smallest absolute Gasteiger partial charge is 0.475 e. The Hall–Kier alpha value is -2.51. The van der Waals surface area contributed by atoms with Crippen LogP contribution in [0.25, 0.3) is 11.4 Å². The summed E-state index contributed by atoms with van der Waals surface area (Å²) >= 11 is 6.24. The zero-order valence-corrected chi connectivity index (χ0v) is 20.3. The first-order valence-electron chi connectivity index (χ1n) is 10.5. The van der Waals surface area contributed by atoms with E-state index in [0.29, 0.717) is 5.56 Å². The van der Waals surface area contributed by atoms with Crippen LogP contribution in [0.4, 0.5) is 17.6 Å². The number of halogens is 5. The van der Waals surface area contributed by atoms with Gasteiger partial charge in [0.15, 0.2) is 9.84 Å². The van der Waals surface area contributed by atoms with Gasteiger partial charge in [0.05, 0.1) is 27.6 Å². The van der Waals surface area contributed by atoms with Crippen LogP contribution in [0.1, 0.15) is 51.3 Å². The quantitative estimate of drug-likeness (QED) is 0.485. The van der Waals surface area contributed by atoms with E-state index in [2.05, 4.69) is 10.1 Å². The Morgan fingerprint density at radius 3 is 2.34 bits per heavy atom.